The van der Waals surface area contributed by atoms with Crippen LogP contribution in [0.25, 0.3) is 11.1 Å². The summed E-state index contributed by atoms with van der Waals surface area (Å²) in [6, 6.07) is 14.8. The maximum absolute atomic E-state index is 5.53. The Morgan fingerprint density at radius 3 is 2.64 bits per heavy atom. The Morgan fingerprint density at radius 1 is 1.14 bits per heavy atom. The summed E-state index contributed by atoms with van der Waals surface area (Å²) in [4.78, 5) is 4.15. The Hall–Kier alpha value is -1.67. The number of benzene rings is 1. The SMILES string of the molecule is NCc1cc(-c2cc[c]cc2)ccn1. The molecule has 0 spiro atoms. The first-order valence-corrected chi connectivity index (χ1v) is 4.51. The number of rotatable bonds is 2. The lowest BCUT2D eigenvalue weighted by molar-refractivity contribution is 0.991. The van der Waals surface area contributed by atoms with Gasteiger partial charge in [-0.15, -0.1) is 0 Å². The summed E-state index contributed by atoms with van der Waals surface area (Å²) in [6.45, 7) is 0.479. The van der Waals surface area contributed by atoms with E-state index in [0.29, 0.717) is 6.54 Å². The number of nitrogens with zero attached hydrogens (tertiary/aromatic N) is 1. The first-order chi connectivity index (χ1) is 6.90. The molecule has 2 nitrogen and oxygen atoms in total. The van der Waals surface area contributed by atoms with Gasteiger partial charge in [0.25, 0.3) is 0 Å². The van der Waals surface area contributed by atoms with Gasteiger partial charge in [-0.3, -0.25) is 4.98 Å². The molecule has 2 rings (SSSR count). The van der Waals surface area contributed by atoms with Gasteiger partial charge in [0.05, 0.1) is 5.69 Å². The summed E-state index contributed by atoms with van der Waals surface area (Å²) < 4.78 is 0. The van der Waals surface area contributed by atoms with Gasteiger partial charge < -0.3 is 5.73 Å². The van der Waals surface area contributed by atoms with Crippen molar-refractivity contribution in [2.45, 2.75) is 6.54 Å². The highest BCUT2D eigenvalue weighted by molar-refractivity contribution is 5.62. The quantitative estimate of drug-likeness (QED) is 0.773. The minimum atomic E-state index is 0.479. The molecule has 0 aliphatic heterocycles. The van der Waals surface area contributed by atoms with Crippen molar-refractivity contribution in [1.29, 1.82) is 0 Å². The monoisotopic (exact) mass is 183 g/mol. The lowest BCUT2D eigenvalue weighted by atomic mass is 10.1. The fraction of sp³-hybridized carbons (Fsp3) is 0.0833. The maximum atomic E-state index is 5.53. The van der Waals surface area contributed by atoms with Crippen LogP contribution in [-0.2, 0) is 6.54 Å². The topological polar surface area (TPSA) is 38.9 Å². The largest absolute Gasteiger partial charge is 0.325 e. The lowest BCUT2D eigenvalue weighted by Gasteiger charge is -2.02. The molecule has 0 bridgehead atoms. The van der Waals surface area contributed by atoms with E-state index in [1.807, 2.05) is 36.4 Å². The molecule has 0 aliphatic rings. The maximum Gasteiger partial charge on any atom is 0.0545 e. The van der Waals surface area contributed by atoms with Crippen molar-refractivity contribution < 1.29 is 0 Å². The summed E-state index contributed by atoms with van der Waals surface area (Å²) >= 11 is 0. The minimum absolute atomic E-state index is 0.479. The van der Waals surface area contributed by atoms with Crippen LogP contribution in [0.1, 0.15) is 5.69 Å². The highest BCUT2D eigenvalue weighted by atomic mass is 14.7. The molecular formula is C12H11N2. The molecule has 0 saturated heterocycles. The zero-order chi connectivity index (χ0) is 9.80. The molecule has 1 aromatic heterocycles. The van der Waals surface area contributed by atoms with E-state index in [1.54, 1.807) is 6.20 Å². The molecule has 2 heteroatoms. The van der Waals surface area contributed by atoms with Crippen molar-refractivity contribution in [2.75, 3.05) is 0 Å². The van der Waals surface area contributed by atoms with Crippen LogP contribution in [0.3, 0.4) is 0 Å². The third-order valence-electron chi connectivity index (χ3n) is 2.08. The lowest BCUT2D eigenvalue weighted by Crippen LogP contribution is -1.98. The summed E-state index contributed by atoms with van der Waals surface area (Å²) in [5.41, 5.74) is 8.76. The zero-order valence-corrected chi connectivity index (χ0v) is 7.77. The van der Waals surface area contributed by atoms with Crippen LogP contribution in [0.15, 0.2) is 42.6 Å². The fourth-order valence-electron chi connectivity index (χ4n) is 1.35. The molecule has 0 fully saturated rings. The molecule has 14 heavy (non-hydrogen) atoms. The van der Waals surface area contributed by atoms with Crippen LogP contribution in [0, 0.1) is 6.07 Å². The van der Waals surface area contributed by atoms with Crippen molar-refractivity contribution in [3.05, 3.63) is 54.4 Å². The Balaban J connectivity index is 2.42. The van der Waals surface area contributed by atoms with Crippen LogP contribution in [0.5, 0.6) is 0 Å². The molecular weight excluding hydrogens is 172 g/mol. The van der Waals surface area contributed by atoms with E-state index in [9.17, 15) is 0 Å². The predicted octanol–water partition coefficient (Wildman–Crippen LogP) is 2.01. The van der Waals surface area contributed by atoms with Gasteiger partial charge in [-0.25, -0.2) is 0 Å². The summed E-state index contributed by atoms with van der Waals surface area (Å²) in [5.74, 6) is 0. The Bertz CT molecular complexity index is 410. The number of pyridine rings is 1. The summed E-state index contributed by atoms with van der Waals surface area (Å²) in [6.07, 6.45) is 1.79. The molecule has 0 atom stereocenters. The average molecular weight is 183 g/mol. The predicted molar refractivity (Wildman–Crippen MR) is 56.4 cm³/mol. The molecule has 2 aromatic rings. The van der Waals surface area contributed by atoms with Gasteiger partial charge in [0, 0.05) is 12.7 Å². The van der Waals surface area contributed by atoms with E-state index in [4.69, 9.17) is 5.73 Å². The average Bonchev–Trinajstić information content (AvgIpc) is 2.30. The normalized spacial score (nSPS) is 10.1. The van der Waals surface area contributed by atoms with E-state index in [0.717, 1.165) is 11.3 Å². The second-order valence-electron chi connectivity index (χ2n) is 3.03. The molecule has 0 saturated carbocycles. The van der Waals surface area contributed by atoms with E-state index >= 15 is 0 Å². The Morgan fingerprint density at radius 2 is 1.93 bits per heavy atom. The molecule has 0 aliphatic carbocycles. The van der Waals surface area contributed by atoms with Crippen molar-refractivity contribution in [3.8, 4) is 11.1 Å². The molecule has 1 radical (unpaired) electrons. The van der Waals surface area contributed by atoms with Crippen molar-refractivity contribution in [1.82, 2.24) is 4.98 Å². The van der Waals surface area contributed by atoms with E-state index in [1.165, 1.54) is 5.56 Å². The van der Waals surface area contributed by atoms with Gasteiger partial charge in [0.2, 0.25) is 0 Å². The van der Waals surface area contributed by atoms with Gasteiger partial charge >= 0.3 is 0 Å². The smallest absolute Gasteiger partial charge is 0.0545 e. The van der Waals surface area contributed by atoms with Gasteiger partial charge in [0.1, 0.15) is 0 Å². The summed E-state index contributed by atoms with van der Waals surface area (Å²) in [5, 5.41) is 0. The fourth-order valence-corrected chi connectivity index (χ4v) is 1.35. The summed E-state index contributed by atoms with van der Waals surface area (Å²) in [7, 11) is 0. The standard InChI is InChI=1S/C12H11N2/c13-9-12-8-11(6-7-14-12)10-4-2-1-3-5-10/h2-8H,9,13H2. The third kappa shape index (κ3) is 1.80. The second kappa shape index (κ2) is 4.03. The first kappa shape index (κ1) is 8.91. The van der Waals surface area contributed by atoms with Crippen LogP contribution >= 0.6 is 0 Å². The minimum Gasteiger partial charge on any atom is -0.325 e. The van der Waals surface area contributed by atoms with Crippen molar-refractivity contribution >= 4 is 0 Å². The van der Waals surface area contributed by atoms with Crippen molar-refractivity contribution in [2.24, 2.45) is 5.73 Å². The molecule has 1 heterocycles. The van der Waals surface area contributed by atoms with Gasteiger partial charge in [0.15, 0.2) is 0 Å². The Labute approximate surface area is 83.4 Å². The number of hydrogen-bond acceptors (Lipinski definition) is 2. The molecule has 2 N–H and O–H groups in total. The van der Waals surface area contributed by atoms with Crippen LogP contribution in [-0.4, -0.2) is 4.98 Å². The highest BCUT2D eigenvalue weighted by Crippen LogP contribution is 2.18. The van der Waals surface area contributed by atoms with E-state index in [2.05, 4.69) is 11.1 Å². The van der Waals surface area contributed by atoms with Crippen LogP contribution in [0.4, 0.5) is 0 Å². The van der Waals surface area contributed by atoms with Gasteiger partial charge in [-0.05, 0) is 29.3 Å². The van der Waals surface area contributed by atoms with Crippen LogP contribution in [0.2, 0.25) is 0 Å². The molecule has 0 amide bonds. The number of nitrogens with two attached hydrogens (primary N) is 1. The second-order valence-corrected chi connectivity index (χ2v) is 3.03. The number of aromatic nitrogens is 1. The van der Waals surface area contributed by atoms with E-state index < -0.39 is 0 Å². The molecule has 69 valence electrons. The Kier molecular flexibility index (Phi) is 2.56. The van der Waals surface area contributed by atoms with Crippen molar-refractivity contribution in [3.63, 3.8) is 0 Å². The third-order valence-corrected chi connectivity index (χ3v) is 2.08. The highest BCUT2D eigenvalue weighted by Gasteiger charge is 1.97. The molecule has 1 aromatic carbocycles. The zero-order valence-electron chi connectivity index (χ0n) is 7.77. The van der Waals surface area contributed by atoms with Crippen LogP contribution < -0.4 is 5.73 Å². The number of hydrogen-bond donors (Lipinski definition) is 1. The molecule has 0 unspecified atom stereocenters. The van der Waals surface area contributed by atoms with E-state index in [-0.39, 0.29) is 0 Å². The first-order valence-electron chi connectivity index (χ1n) is 4.51. The van der Waals surface area contributed by atoms with Gasteiger partial charge in [-0.2, -0.15) is 0 Å². The van der Waals surface area contributed by atoms with Gasteiger partial charge in [-0.1, -0.05) is 24.3 Å².